The molecule has 8 heteroatoms. The van der Waals surface area contributed by atoms with Gasteiger partial charge in [0.15, 0.2) is 0 Å². The van der Waals surface area contributed by atoms with Gasteiger partial charge < -0.3 is 19.6 Å². The van der Waals surface area contributed by atoms with Crippen LogP contribution in [0.4, 0.5) is 21.8 Å². The molecule has 0 unspecified atom stereocenters. The molecule has 0 N–H and O–H groups in total. The highest BCUT2D eigenvalue weighted by Crippen LogP contribution is 2.29. The van der Waals surface area contributed by atoms with E-state index in [0.29, 0.717) is 19.5 Å². The SMILES string of the molecule is CN(C)c1nc(N2CCN(c3ccc(F)cc3)CC2)nc2c1CN(C(=O)Cc1ccccc1)CC2. The molecule has 1 aromatic heterocycles. The minimum Gasteiger partial charge on any atom is -0.368 e. The maximum atomic E-state index is 13.3. The van der Waals surface area contributed by atoms with E-state index in [2.05, 4.69) is 9.80 Å². The first-order chi connectivity index (χ1) is 17.0. The molecule has 5 rings (SSSR count). The Kier molecular flexibility index (Phi) is 6.53. The molecule has 0 bridgehead atoms. The maximum absolute atomic E-state index is 13.3. The largest absolute Gasteiger partial charge is 0.368 e. The molecule has 0 spiro atoms. The van der Waals surface area contributed by atoms with E-state index in [1.807, 2.05) is 66.4 Å². The molecule has 0 aliphatic carbocycles. The van der Waals surface area contributed by atoms with Gasteiger partial charge in [0.2, 0.25) is 11.9 Å². The zero-order valence-corrected chi connectivity index (χ0v) is 20.3. The number of carbonyl (C=O) groups excluding carboxylic acids is 1. The van der Waals surface area contributed by atoms with Gasteiger partial charge in [-0.2, -0.15) is 4.98 Å². The Hall–Kier alpha value is -3.68. The van der Waals surface area contributed by atoms with Gasteiger partial charge in [0.05, 0.1) is 18.7 Å². The second-order valence-electron chi connectivity index (χ2n) is 9.35. The van der Waals surface area contributed by atoms with Crippen molar-refractivity contribution in [1.82, 2.24) is 14.9 Å². The number of rotatable bonds is 5. The van der Waals surface area contributed by atoms with Gasteiger partial charge in [-0.05, 0) is 29.8 Å². The first kappa shape index (κ1) is 23.1. The van der Waals surface area contributed by atoms with Crippen molar-refractivity contribution in [2.24, 2.45) is 0 Å². The van der Waals surface area contributed by atoms with Crippen LogP contribution in [0.2, 0.25) is 0 Å². The number of piperazine rings is 1. The Labute approximate surface area is 205 Å². The third kappa shape index (κ3) is 5.06. The first-order valence-corrected chi connectivity index (χ1v) is 12.1. The summed E-state index contributed by atoms with van der Waals surface area (Å²) in [7, 11) is 3.98. The number of carbonyl (C=O) groups is 1. The summed E-state index contributed by atoms with van der Waals surface area (Å²) in [5.74, 6) is 1.54. The highest BCUT2D eigenvalue weighted by molar-refractivity contribution is 5.79. The van der Waals surface area contributed by atoms with Gasteiger partial charge in [-0.15, -0.1) is 0 Å². The van der Waals surface area contributed by atoms with Gasteiger partial charge in [-0.3, -0.25) is 4.79 Å². The highest BCUT2D eigenvalue weighted by Gasteiger charge is 2.28. The number of aromatic nitrogens is 2. The Morgan fingerprint density at radius 3 is 2.29 bits per heavy atom. The van der Waals surface area contributed by atoms with Crippen LogP contribution in [0.3, 0.4) is 0 Å². The van der Waals surface area contributed by atoms with Crippen LogP contribution in [0, 0.1) is 5.82 Å². The second kappa shape index (κ2) is 9.90. The van der Waals surface area contributed by atoms with Crippen LogP contribution in [-0.4, -0.2) is 67.6 Å². The average molecular weight is 475 g/mol. The quantitative estimate of drug-likeness (QED) is 0.566. The number of halogens is 1. The van der Waals surface area contributed by atoms with Gasteiger partial charge in [0.25, 0.3) is 0 Å². The third-order valence-corrected chi connectivity index (χ3v) is 6.76. The summed E-state index contributed by atoms with van der Waals surface area (Å²) in [4.78, 5) is 31.3. The summed E-state index contributed by atoms with van der Waals surface area (Å²) in [5, 5.41) is 0. The summed E-state index contributed by atoms with van der Waals surface area (Å²) < 4.78 is 13.3. The smallest absolute Gasteiger partial charge is 0.227 e. The van der Waals surface area contributed by atoms with E-state index < -0.39 is 0 Å². The van der Waals surface area contributed by atoms with Gasteiger partial charge in [-0.1, -0.05) is 30.3 Å². The molecular formula is C27H31FN6O. The molecule has 1 fully saturated rings. The molecule has 35 heavy (non-hydrogen) atoms. The van der Waals surface area contributed by atoms with Crippen molar-refractivity contribution in [2.45, 2.75) is 19.4 Å². The lowest BCUT2D eigenvalue weighted by Gasteiger charge is -2.37. The minimum atomic E-state index is -0.216. The monoisotopic (exact) mass is 474 g/mol. The average Bonchev–Trinajstić information content (AvgIpc) is 2.89. The Morgan fingerprint density at radius 1 is 0.914 bits per heavy atom. The van der Waals surface area contributed by atoms with Crippen molar-refractivity contribution < 1.29 is 9.18 Å². The summed E-state index contributed by atoms with van der Waals surface area (Å²) in [6.07, 6.45) is 1.13. The van der Waals surface area contributed by atoms with Crippen molar-refractivity contribution in [2.75, 3.05) is 61.5 Å². The van der Waals surface area contributed by atoms with Gasteiger partial charge in [0, 0.05) is 64.5 Å². The van der Waals surface area contributed by atoms with Crippen LogP contribution in [0.1, 0.15) is 16.8 Å². The topological polar surface area (TPSA) is 55.8 Å². The van der Waals surface area contributed by atoms with E-state index in [1.165, 1.54) is 12.1 Å². The maximum Gasteiger partial charge on any atom is 0.227 e. The molecule has 3 aromatic rings. The number of hydrogen-bond acceptors (Lipinski definition) is 6. The molecule has 1 saturated heterocycles. The summed E-state index contributed by atoms with van der Waals surface area (Å²) in [6.45, 7) is 4.44. The molecule has 1 amide bonds. The Morgan fingerprint density at radius 2 is 1.60 bits per heavy atom. The summed E-state index contributed by atoms with van der Waals surface area (Å²) in [5.41, 5.74) is 4.13. The zero-order chi connectivity index (χ0) is 24.4. The number of nitrogens with zero attached hydrogens (tertiary/aromatic N) is 6. The van der Waals surface area contributed by atoms with E-state index in [-0.39, 0.29) is 11.7 Å². The van der Waals surface area contributed by atoms with Crippen LogP contribution < -0.4 is 14.7 Å². The molecule has 182 valence electrons. The van der Waals surface area contributed by atoms with Crippen LogP contribution in [0.5, 0.6) is 0 Å². The molecule has 0 atom stereocenters. The van der Waals surface area contributed by atoms with Crippen molar-refractivity contribution in [3.63, 3.8) is 0 Å². The molecule has 2 aliphatic rings. The molecule has 3 heterocycles. The number of anilines is 3. The van der Waals surface area contributed by atoms with Crippen LogP contribution in [-0.2, 0) is 24.2 Å². The lowest BCUT2D eigenvalue weighted by Crippen LogP contribution is -2.47. The Balaban J connectivity index is 1.30. The third-order valence-electron chi connectivity index (χ3n) is 6.76. The van der Waals surface area contributed by atoms with Crippen molar-refractivity contribution in [3.05, 3.63) is 77.2 Å². The first-order valence-electron chi connectivity index (χ1n) is 12.1. The van der Waals surface area contributed by atoms with E-state index in [4.69, 9.17) is 9.97 Å². The summed E-state index contributed by atoms with van der Waals surface area (Å²) in [6, 6.07) is 16.5. The molecular weight excluding hydrogens is 443 g/mol. The number of hydrogen-bond donors (Lipinski definition) is 0. The van der Waals surface area contributed by atoms with Gasteiger partial charge in [0.1, 0.15) is 11.6 Å². The van der Waals surface area contributed by atoms with Gasteiger partial charge >= 0.3 is 0 Å². The fraction of sp³-hybridized carbons (Fsp3) is 0.370. The van der Waals surface area contributed by atoms with Crippen LogP contribution in [0.15, 0.2) is 54.6 Å². The normalized spacial score (nSPS) is 15.7. The molecule has 0 saturated carbocycles. The molecule has 7 nitrogen and oxygen atoms in total. The van der Waals surface area contributed by atoms with Crippen LogP contribution >= 0.6 is 0 Å². The van der Waals surface area contributed by atoms with E-state index in [0.717, 1.165) is 66.9 Å². The number of benzene rings is 2. The standard InChI is InChI=1S/C27H31FN6O/c1-31(2)26-23-19-34(25(35)18-20-6-4-3-5-7-20)13-12-24(23)29-27(30-26)33-16-14-32(15-17-33)22-10-8-21(28)9-11-22/h3-11H,12-19H2,1-2H3. The van der Waals surface area contributed by atoms with Gasteiger partial charge in [-0.25, -0.2) is 9.37 Å². The molecule has 2 aromatic carbocycles. The van der Waals surface area contributed by atoms with Crippen LogP contribution in [0.25, 0.3) is 0 Å². The van der Waals surface area contributed by atoms with Crippen molar-refractivity contribution >= 4 is 23.4 Å². The van der Waals surface area contributed by atoms with E-state index in [9.17, 15) is 9.18 Å². The molecule has 2 aliphatic heterocycles. The van der Waals surface area contributed by atoms with Crippen molar-refractivity contribution in [1.29, 1.82) is 0 Å². The minimum absolute atomic E-state index is 0.132. The van der Waals surface area contributed by atoms with E-state index >= 15 is 0 Å². The predicted molar refractivity (Wildman–Crippen MR) is 136 cm³/mol. The fourth-order valence-corrected chi connectivity index (χ4v) is 4.81. The zero-order valence-electron chi connectivity index (χ0n) is 20.3. The highest BCUT2D eigenvalue weighted by atomic mass is 19.1. The molecule has 0 radical (unpaired) electrons. The number of amides is 1. The second-order valence-corrected chi connectivity index (χ2v) is 9.35. The van der Waals surface area contributed by atoms with E-state index in [1.54, 1.807) is 0 Å². The fourth-order valence-electron chi connectivity index (χ4n) is 4.81. The number of fused-ring (bicyclic) bond motifs is 1. The summed E-state index contributed by atoms with van der Waals surface area (Å²) >= 11 is 0. The lowest BCUT2D eigenvalue weighted by molar-refractivity contribution is -0.131. The Bertz CT molecular complexity index is 1180. The van der Waals surface area contributed by atoms with Crippen molar-refractivity contribution in [3.8, 4) is 0 Å². The lowest BCUT2D eigenvalue weighted by atomic mass is 10.0. The predicted octanol–water partition coefficient (Wildman–Crippen LogP) is 3.14.